The van der Waals surface area contributed by atoms with Crippen molar-refractivity contribution in [3.63, 3.8) is 0 Å². The number of thioether (sulfide) groups is 1. The van der Waals surface area contributed by atoms with Crippen molar-refractivity contribution in [3.8, 4) is 18.1 Å². The Balaban J connectivity index is 2.97. The van der Waals surface area contributed by atoms with Crippen molar-refractivity contribution < 1.29 is 9.50 Å². The fraction of sp³-hybridized carbons (Fsp3) is 0.0769. The molecule has 0 aliphatic heterocycles. The number of terminal acetylenes is 1. The van der Waals surface area contributed by atoms with E-state index in [-0.39, 0.29) is 11.3 Å². The molecule has 0 atom stereocenters. The van der Waals surface area contributed by atoms with E-state index in [1.165, 1.54) is 17.8 Å². The van der Waals surface area contributed by atoms with E-state index in [0.717, 1.165) is 10.3 Å². The van der Waals surface area contributed by atoms with E-state index < -0.39 is 5.82 Å². The summed E-state index contributed by atoms with van der Waals surface area (Å²) in [6, 6.07) is 6.11. The molecule has 2 rings (SSSR count). The number of hydrogen-bond donors (Lipinski definition) is 1. The van der Waals surface area contributed by atoms with Crippen LogP contribution >= 0.6 is 11.8 Å². The first-order valence-electron chi connectivity index (χ1n) is 4.63. The van der Waals surface area contributed by atoms with Gasteiger partial charge in [-0.05, 0) is 29.8 Å². The molecule has 0 aliphatic carbocycles. The van der Waals surface area contributed by atoms with Crippen LogP contribution in [0.3, 0.4) is 0 Å². The van der Waals surface area contributed by atoms with Gasteiger partial charge in [-0.2, -0.15) is 0 Å². The fourth-order valence-corrected chi connectivity index (χ4v) is 2.35. The summed E-state index contributed by atoms with van der Waals surface area (Å²) >= 11 is 1.43. The largest absolute Gasteiger partial charge is 0.508 e. The Hall–Kier alpha value is -1.66. The smallest absolute Gasteiger partial charge is 0.139 e. The second kappa shape index (κ2) is 4.07. The summed E-state index contributed by atoms with van der Waals surface area (Å²) in [5, 5.41) is 11.0. The van der Waals surface area contributed by atoms with Crippen LogP contribution in [0.5, 0.6) is 5.75 Å². The van der Waals surface area contributed by atoms with Crippen LogP contribution in [0.25, 0.3) is 10.8 Å². The van der Waals surface area contributed by atoms with Crippen LogP contribution in [-0.4, -0.2) is 11.4 Å². The summed E-state index contributed by atoms with van der Waals surface area (Å²) in [5.41, 5.74) is 0.252. The average Bonchev–Trinajstić information content (AvgIpc) is 2.28. The third kappa shape index (κ3) is 1.62. The zero-order valence-corrected chi connectivity index (χ0v) is 9.44. The minimum Gasteiger partial charge on any atom is -0.508 e. The molecule has 16 heavy (non-hydrogen) atoms. The molecule has 0 bridgehead atoms. The molecule has 0 saturated heterocycles. The standard InChI is InChI=1S/C13H9FOS/c1-3-10-11(14)5-4-8-6-9(15)7-12(16-2)13(8)10/h1,4-7,15H,2H3. The van der Waals surface area contributed by atoms with Crippen LogP contribution < -0.4 is 0 Å². The van der Waals surface area contributed by atoms with Gasteiger partial charge >= 0.3 is 0 Å². The fourth-order valence-electron chi connectivity index (χ4n) is 1.69. The van der Waals surface area contributed by atoms with Crippen molar-refractivity contribution in [3.05, 3.63) is 35.6 Å². The summed E-state index contributed by atoms with van der Waals surface area (Å²) in [5.74, 6) is 2.11. The molecule has 0 radical (unpaired) electrons. The maximum atomic E-state index is 13.5. The molecule has 0 unspecified atom stereocenters. The molecule has 80 valence electrons. The molecule has 3 heteroatoms. The Morgan fingerprint density at radius 3 is 2.75 bits per heavy atom. The first-order chi connectivity index (χ1) is 7.67. The quantitative estimate of drug-likeness (QED) is 0.600. The monoisotopic (exact) mass is 232 g/mol. The van der Waals surface area contributed by atoms with E-state index in [0.29, 0.717) is 5.39 Å². The molecular weight excluding hydrogens is 223 g/mol. The molecule has 0 heterocycles. The van der Waals surface area contributed by atoms with Gasteiger partial charge in [-0.1, -0.05) is 12.0 Å². The van der Waals surface area contributed by atoms with Crippen molar-refractivity contribution in [2.24, 2.45) is 0 Å². The summed E-state index contributed by atoms with van der Waals surface area (Å²) in [7, 11) is 0. The molecular formula is C13H9FOS. The van der Waals surface area contributed by atoms with Crippen LogP contribution in [0.2, 0.25) is 0 Å². The number of phenolic OH excluding ortho intramolecular Hbond substituents is 1. The number of phenols is 1. The second-order valence-electron chi connectivity index (χ2n) is 3.31. The van der Waals surface area contributed by atoms with Crippen molar-refractivity contribution in [2.75, 3.05) is 6.26 Å². The molecule has 0 amide bonds. The lowest BCUT2D eigenvalue weighted by Crippen LogP contribution is -1.88. The van der Waals surface area contributed by atoms with Gasteiger partial charge in [0.1, 0.15) is 11.6 Å². The van der Waals surface area contributed by atoms with Crippen LogP contribution in [0.4, 0.5) is 4.39 Å². The molecule has 1 N–H and O–H groups in total. The van der Waals surface area contributed by atoms with Gasteiger partial charge < -0.3 is 5.11 Å². The van der Waals surface area contributed by atoms with Gasteiger partial charge in [0.25, 0.3) is 0 Å². The third-order valence-electron chi connectivity index (χ3n) is 2.38. The lowest BCUT2D eigenvalue weighted by Gasteiger charge is -2.08. The Morgan fingerprint density at radius 1 is 1.38 bits per heavy atom. The van der Waals surface area contributed by atoms with E-state index in [9.17, 15) is 9.50 Å². The predicted octanol–water partition coefficient (Wildman–Crippen LogP) is 3.39. The van der Waals surface area contributed by atoms with E-state index >= 15 is 0 Å². The first kappa shape index (κ1) is 10.8. The summed E-state index contributed by atoms with van der Waals surface area (Å²) in [4.78, 5) is 0.780. The minimum atomic E-state index is -0.406. The van der Waals surface area contributed by atoms with Crippen LogP contribution in [0, 0.1) is 18.2 Å². The summed E-state index contributed by atoms with van der Waals surface area (Å²) in [6.45, 7) is 0. The van der Waals surface area contributed by atoms with Gasteiger partial charge in [0.2, 0.25) is 0 Å². The summed E-state index contributed by atoms with van der Waals surface area (Å²) in [6.07, 6.45) is 7.18. The van der Waals surface area contributed by atoms with Crippen molar-refractivity contribution in [1.82, 2.24) is 0 Å². The lowest BCUT2D eigenvalue weighted by atomic mass is 10.0. The van der Waals surface area contributed by atoms with Crippen LogP contribution in [-0.2, 0) is 0 Å². The Morgan fingerprint density at radius 2 is 2.12 bits per heavy atom. The predicted molar refractivity (Wildman–Crippen MR) is 65.3 cm³/mol. The summed E-state index contributed by atoms with van der Waals surface area (Å²) < 4.78 is 13.5. The highest BCUT2D eigenvalue weighted by molar-refractivity contribution is 7.98. The molecule has 0 spiro atoms. The highest BCUT2D eigenvalue weighted by Crippen LogP contribution is 2.33. The first-order valence-corrected chi connectivity index (χ1v) is 5.85. The van der Waals surface area contributed by atoms with E-state index in [4.69, 9.17) is 6.42 Å². The van der Waals surface area contributed by atoms with Gasteiger partial charge in [0.15, 0.2) is 0 Å². The zero-order chi connectivity index (χ0) is 11.7. The number of halogens is 1. The van der Waals surface area contributed by atoms with Gasteiger partial charge in [0, 0.05) is 10.3 Å². The maximum Gasteiger partial charge on any atom is 0.139 e. The second-order valence-corrected chi connectivity index (χ2v) is 4.16. The molecule has 2 aromatic rings. The number of rotatable bonds is 1. The van der Waals surface area contributed by atoms with Gasteiger partial charge in [-0.25, -0.2) is 4.39 Å². The highest BCUT2D eigenvalue weighted by Gasteiger charge is 2.10. The SMILES string of the molecule is C#Cc1c(F)ccc2cc(O)cc(SC)c12. The lowest BCUT2D eigenvalue weighted by molar-refractivity contribution is 0.475. The molecule has 2 aromatic carbocycles. The maximum absolute atomic E-state index is 13.5. The number of hydrogen-bond acceptors (Lipinski definition) is 2. The Bertz CT molecular complexity index is 599. The molecule has 0 aliphatic rings. The van der Waals surface area contributed by atoms with E-state index in [2.05, 4.69) is 5.92 Å². The molecule has 0 aromatic heterocycles. The number of aromatic hydroxyl groups is 1. The zero-order valence-electron chi connectivity index (χ0n) is 8.62. The van der Waals surface area contributed by atoms with Gasteiger partial charge in [-0.15, -0.1) is 18.2 Å². The van der Waals surface area contributed by atoms with E-state index in [1.807, 2.05) is 6.26 Å². The van der Waals surface area contributed by atoms with Crippen LogP contribution in [0.15, 0.2) is 29.2 Å². The number of fused-ring (bicyclic) bond motifs is 1. The molecule has 1 nitrogen and oxygen atoms in total. The van der Waals surface area contributed by atoms with Crippen LogP contribution in [0.1, 0.15) is 5.56 Å². The molecule has 0 fully saturated rings. The van der Waals surface area contributed by atoms with Crippen molar-refractivity contribution >= 4 is 22.5 Å². The highest BCUT2D eigenvalue weighted by atomic mass is 32.2. The van der Waals surface area contributed by atoms with Crippen molar-refractivity contribution in [2.45, 2.75) is 4.90 Å². The van der Waals surface area contributed by atoms with Crippen molar-refractivity contribution in [1.29, 1.82) is 0 Å². The average molecular weight is 232 g/mol. The third-order valence-corrected chi connectivity index (χ3v) is 3.14. The minimum absolute atomic E-state index is 0.159. The molecule has 0 saturated carbocycles. The topological polar surface area (TPSA) is 20.2 Å². The van der Waals surface area contributed by atoms with E-state index in [1.54, 1.807) is 18.2 Å². The normalized spacial score (nSPS) is 10.3. The Kier molecular flexibility index (Phi) is 2.76. The van der Waals surface area contributed by atoms with Gasteiger partial charge in [0.05, 0.1) is 5.56 Å². The number of benzene rings is 2. The van der Waals surface area contributed by atoms with Gasteiger partial charge in [-0.3, -0.25) is 0 Å². The Labute approximate surface area is 97.3 Å².